The fourth-order valence-electron chi connectivity index (χ4n) is 3.26. The second-order valence-corrected chi connectivity index (χ2v) is 6.34. The maximum Gasteiger partial charge on any atom is 0.338 e. The van der Waals surface area contributed by atoms with Crippen molar-refractivity contribution in [3.63, 3.8) is 0 Å². The Kier molecular flexibility index (Phi) is 3.68. The zero-order valence-electron chi connectivity index (χ0n) is 12.3. The fourth-order valence-corrected chi connectivity index (χ4v) is 3.26. The second-order valence-electron chi connectivity index (χ2n) is 6.34. The van der Waals surface area contributed by atoms with Gasteiger partial charge in [0.15, 0.2) is 0 Å². The van der Waals surface area contributed by atoms with E-state index in [1.165, 1.54) is 5.56 Å². The van der Waals surface area contributed by atoms with Gasteiger partial charge in [0, 0.05) is 12.2 Å². The van der Waals surface area contributed by atoms with E-state index in [2.05, 4.69) is 19.2 Å². The number of anilines is 1. The molecule has 3 heteroatoms. The topological polar surface area (TPSA) is 38.3 Å². The lowest BCUT2D eigenvalue weighted by atomic mass is 9.80. The SMILES string of the molecule is CC1CCC(OC(=O)c2ccc3c(c2)CCN3)CC1C. The average molecular weight is 273 g/mol. The molecular formula is C17H23NO2. The lowest BCUT2D eigenvalue weighted by Crippen LogP contribution is -2.28. The molecule has 1 aromatic carbocycles. The molecule has 3 atom stereocenters. The van der Waals surface area contributed by atoms with Crippen LogP contribution in [0.2, 0.25) is 0 Å². The monoisotopic (exact) mass is 273 g/mol. The minimum Gasteiger partial charge on any atom is -0.459 e. The van der Waals surface area contributed by atoms with E-state index in [9.17, 15) is 4.79 Å². The highest BCUT2D eigenvalue weighted by Crippen LogP contribution is 2.31. The van der Waals surface area contributed by atoms with E-state index in [1.807, 2.05) is 18.2 Å². The van der Waals surface area contributed by atoms with E-state index in [4.69, 9.17) is 4.74 Å². The largest absolute Gasteiger partial charge is 0.459 e. The zero-order valence-corrected chi connectivity index (χ0v) is 12.3. The number of benzene rings is 1. The first-order valence-corrected chi connectivity index (χ1v) is 7.71. The molecule has 1 fully saturated rings. The number of hydrogen-bond donors (Lipinski definition) is 1. The number of rotatable bonds is 2. The van der Waals surface area contributed by atoms with Crippen LogP contribution in [0.4, 0.5) is 5.69 Å². The third-order valence-electron chi connectivity index (χ3n) is 4.87. The Morgan fingerprint density at radius 2 is 2.10 bits per heavy atom. The molecule has 0 amide bonds. The van der Waals surface area contributed by atoms with Crippen molar-refractivity contribution in [1.82, 2.24) is 0 Å². The lowest BCUT2D eigenvalue weighted by Gasteiger charge is -2.31. The van der Waals surface area contributed by atoms with Crippen molar-refractivity contribution in [2.24, 2.45) is 11.8 Å². The molecule has 3 rings (SSSR count). The van der Waals surface area contributed by atoms with Crippen LogP contribution in [0.15, 0.2) is 18.2 Å². The van der Waals surface area contributed by atoms with Crippen molar-refractivity contribution in [2.45, 2.75) is 45.6 Å². The third-order valence-corrected chi connectivity index (χ3v) is 4.87. The standard InChI is InChI=1S/C17H23NO2/c1-11-3-5-15(9-12(11)2)20-17(19)14-4-6-16-13(10-14)7-8-18-16/h4,6,10-12,15,18H,3,5,7-9H2,1-2H3. The molecule has 1 N–H and O–H groups in total. The van der Waals surface area contributed by atoms with Crippen LogP contribution in [0, 0.1) is 11.8 Å². The number of carbonyl (C=O) groups excluding carboxylic acids is 1. The Balaban J connectivity index is 1.65. The molecule has 1 aliphatic carbocycles. The van der Waals surface area contributed by atoms with Gasteiger partial charge in [-0.15, -0.1) is 0 Å². The molecule has 0 radical (unpaired) electrons. The quantitative estimate of drug-likeness (QED) is 0.836. The Bertz CT molecular complexity index is 512. The van der Waals surface area contributed by atoms with E-state index in [1.54, 1.807) is 0 Å². The molecular weight excluding hydrogens is 250 g/mol. The fraction of sp³-hybridized carbons (Fsp3) is 0.588. The first-order valence-electron chi connectivity index (χ1n) is 7.71. The van der Waals surface area contributed by atoms with Gasteiger partial charge in [-0.05, 0) is 61.3 Å². The Labute approximate surface area is 120 Å². The summed E-state index contributed by atoms with van der Waals surface area (Å²) in [5, 5.41) is 3.31. The summed E-state index contributed by atoms with van der Waals surface area (Å²) >= 11 is 0. The smallest absolute Gasteiger partial charge is 0.338 e. The maximum absolute atomic E-state index is 12.3. The van der Waals surface area contributed by atoms with Crippen LogP contribution >= 0.6 is 0 Å². The second kappa shape index (κ2) is 5.47. The predicted molar refractivity (Wildman–Crippen MR) is 80.0 cm³/mol. The predicted octanol–water partition coefficient (Wildman–Crippen LogP) is 3.64. The number of carbonyl (C=O) groups is 1. The zero-order chi connectivity index (χ0) is 14.1. The molecule has 1 aromatic rings. The van der Waals surface area contributed by atoms with Gasteiger partial charge in [-0.25, -0.2) is 4.79 Å². The summed E-state index contributed by atoms with van der Waals surface area (Å²) in [6, 6.07) is 5.84. The van der Waals surface area contributed by atoms with Gasteiger partial charge in [0.25, 0.3) is 0 Å². The van der Waals surface area contributed by atoms with Gasteiger partial charge < -0.3 is 10.1 Å². The van der Waals surface area contributed by atoms with Gasteiger partial charge in [0.05, 0.1) is 5.56 Å². The van der Waals surface area contributed by atoms with Crippen LogP contribution in [-0.4, -0.2) is 18.6 Å². The summed E-state index contributed by atoms with van der Waals surface area (Å²) in [6.07, 6.45) is 4.25. The molecule has 0 saturated heterocycles. The number of nitrogens with one attached hydrogen (secondary N) is 1. The van der Waals surface area contributed by atoms with Gasteiger partial charge in [-0.1, -0.05) is 13.8 Å². The van der Waals surface area contributed by atoms with Crippen LogP contribution in [0.25, 0.3) is 0 Å². The Morgan fingerprint density at radius 3 is 2.90 bits per heavy atom. The molecule has 1 saturated carbocycles. The van der Waals surface area contributed by atoms with Crippen molar-refractivity contribution in [2.75, 3.05) is 11.9 Å². The Morgan fingerprint density at radius 1 is 1.25 bits per heavy atom. The third kappa shape index (κ3) is 2.67. The highest BCUT2D eigenvalue weighted by molar-refractivity contribution is 5.90. The molecule has 2 aliphatic rings. The van der Waals surface area contributed by atoms with Gasteiger partial charge in [0.2, 0.25) is 0 Å². The van der Waals surface area contributed by atoms with E-state index < -0.39 is 0 Å². The van der Waals surface area contributed by atoms with Crippen molar-refractivity contribution < 1.29 is 9.53 Å². The molecule has 0 bridgehead atoms. The normalized spacial score (nSPS) is 28.6. The first-order chi connectivity index (χ1) is 9.63. The highest BCUT2D eigenvalue weighted by Gasteiger charge is 2.27. The molecule has 108 valence electrons. The molecule has 20 heavy (non-hydrogen) atoms. The molecule has 1 heterocycles. The molecule has 3 nitrogen and oxygen atoms in total. The minimum atomic E-state index is -0.161. The lowest BCUT2D eigenvalue weighted by molar-refractivity contribution is 0.00878. The molecule has 3 unspecified atom stereocenters. The summed E-state index contributed by atoms with van der Waals surface area (Å²) in [7, 11) is 0. The highest BCUT2D eigenvalue weighted by atomic mass is 16.5. The summed E-state index contributed by atoms with van der Waals surface area (Å²) < 4.78 is 5.70. The van der Waals surface area contributed by atoms with Crippen LogP contribution in [-0.2, 0) is 11.2 Å². The summed E-state index contributed by atoms with van der Waals surface area (Å²) in [5.74, 6) is 1.23. The van der Waals surface area contributed by atoms with E-state index in [-0.39, 0.29) is 12.1 Å². The first kappa shape index (κ1) is 13.5. The number of ether oxygens (including phenoxy) is 1. The molecule has 1 aliphatic heterocycles. The van der Waals surface area contributed by atoms with Gasteiger partial charge in [0.1, 0.15) is 6.10 Å². The van der Waals surface area contributed by atoms with E-state index in [0.29, 0.717) is 11.5 Å². The van der Waals surface area contributed by atoms with Gasteiger partial charge >= 0.3 is 5.97 Å². The van der Waals surface area contributed by atoms with Crippen molar-refractivity contribution in [1.29, 1.82) is 0 Å². The van der Waals surface area contributed by atoms with Crippen LogP contribution in [0.1, 0.15) is 49.0 Å². The van der Waals surface area contributed by atoms with Crippen LogP contribution < -0.4 is 5.32 Å². The number of hydrogen-bond acceptors (Lipinski definition) is 3. The summed E-state index contributed by atoms with van der Waals surface area (Å²) in [5.41, 5.74) is 3.07. The number of esters is 1. The van der Waals surface area contributed by atoms with E-state index in [0.717, 1.165) is 43.8 Å². The maximum atomic E-state index is 12.3. The average Bonchev–Trinajstić information content (AvgIpc) is 2.90. The Hall–Kier alpha value is -1.51. The molecule has 0 spiro atoms. The van der Waals surface area contributed by atoms with Crippen molar-refractivity contribution in [3.05, 3.63) is 29.3 Å². The van der Waals surface area contributed by atoms with E-state index >= 15 is 0 Å². The van der Waals surface area contributed by atoms with Crippen LogP contribution in [0.3, 0.4) is 0 Å². The van der Waals surface area contributed by atoms with Gasteiger partial charge in [-0.3, -0.25) is 0 Å². The summed E-state index contributed by atoms with van der Waals surface area (Å²) in [6.45, 7) is 5.51. The van der Waals surface area contributed by atoms with Gasteiger partial charge in [-0.2, -0.15) is 0 Å². The van der Waals surface area contributed by atoms with Crippen molar-refractivity contribution in [3.8, 4) is 0 Å². The molecule has 0 aromatic heterocycles. The minimum absolute atomic E-state index is 0.0973. The van der Waals surface area contributed by atoms with Crippen molar-refractivity contribution >= 4 is 11.7 Å². The summed E-state index contributed by atoms with van der Waals surface area (Å²) in [4.78, 5) is 12.3. The number of fused-ring (bicyclic) bond motifs is 1. The van der Waals surface area contributed by atoms with Crippen LogP contribution in [0.5, 0.6) is 0 Å².